The molecule has 0 aromatic rings. The van der Waals surface area contributed by atoms with Crippen molar-refractivity contribution in [3.05, 3.63) is 0 Å². The Morgan fingerprint density at radius 3 is 2.38 bits per heavy atom. The summed E-state index contributed by atoms with van der Waals surface area (Å²) >= 11 is 0. The maximum absolute atomic E-state index is 10.4. The molecule has 0 aromatic heterocycles. The van der Waals surface area contributed by atoms with E-state index in [-0.39, 0.29) is 24.9 Å². The van der Waals surface area contributed by atoms with Crippen molar-refractivity contribution < 1.29 is 19.7 Å². The third kappa shape index (κ3) is 4.63. The minimum atomic E-state index is -0.430. The van der Waals surface area contributed by atoms with Gasteiger partial charge in [-0.25, -0.2) is 0 Å². The minimum absolute atomic E-state index is 0.0257. The van der Waals surface area contributed by atoms with Crippen molar-refractivity contribution >= 4 is 0 Å². The molecule has 124 valence electrons. The molecule has 0 aromatic carbocycles. The Kier molecular flexibility index (Phi) is 6.44. The van der Waals surface area contributed by atoms with Crippen LogP contribution in [-0.2, 0) is 9.47 Å². The molecular formula is C16H31NO4. The number of hydrogen-bond donors (Lipinski definition) is 2. The highest BCUT2D eigenvalue weighted by atomic mass is 16.7. The maximum atomic E-state index is 10.4. The van der Waals surface area contributed by atoms with Crippen molar-refractivity contribution in [2.75, 3.05) is 33.4 Å². The van der Waals surface area contributed by atoms with E-state index in [1.54, 1.807) is 0 Å². The fraction of sp³-hybridized carbons (Fsp3) is 1.00. The lowest BCUT2D eigenvalue weighted by atomic mass is 9.84. The van der Waals surface area contributed by atoms with Gasteiger partial charge in [0.15, 0.2) is 6.29 Å². The second-order valence-corrected chi connectivity index (χ2v) is 7.08. The highest BCUT2D eigenvalue weighted by Crippen LogP contribution is 2.33. The first-order valence-electron chi connectivity index (χ1n) is 8.23. The number of likely N-dealkylation sites (N-methyl/N-ethyl adjacent to an activating group) is 1. The van der Waals surface area contributed by atoms with Gasteiger partial charge in [-0.3, -0.25) is 4.90 Å². The fourth-order valence-corrected chi connectivity index (χ4v) is 3.85. The first-order chi connectivity index (χ1) is 10.0. The van der Waals surface area contributed by atoms with Gasteiger partial charge < -0.3 is 19.7 Å². The first kappa shape index (κ1) is 17.2. The molecule has 5 nitrogen and oxygen atoms in total. The summed E-state index contributed by atoms with van der Waals surface area (Å²) in [6, 6.07) is -0.117. The average molecular weight is 301 g/mol. The second kappa shape index (κ2) is 7.88. The highest BCUT2D eigenvalue weighted by molar-refractivity contribution is 4.92. The van der Waals surface area contributed by atoms with Gasteiger partial charge in [0.2, 0.25) is 0 Å². The van der Waals surface area contributed by atoms with Crippen molar-refractivity contribution in [3.8, 4) is 0 Å². The van der Waals surface area contributed by atoms with Crippen molar-refractivity contribution in [2.45, 2.75) is 51.5 Å². The Bertz CT molecular complexity index is 307. The molecule has 2 aliphatic heterocycles. The summed E-state index contributed by atoms with van der Waals surface area (Å²) in [5.74, 6) is 1.36. The molecule has 0 unspecified atom stereocenters. The van der Waals surface area contributed by atoms with Crippen molar-refractivity contribution in [3.63, 3.8) is 0 Å². The van der Waals surface area contributed by atoms with Crippen LogP contribution in [-0.4, -0.2) is 67.0 Å². The van der Waals surface area contributed by atoms with E-state index < -0.39 is 6.10 Å². The van der Waals surface area contributed by atoms with Gasteiger partial charge in [0.1, 0.15) is 0 Å². The normalized spacial score (nSPS) is 33.1. The Morgan fingerprint density at radius 2 is 1.86 bits per heavy atom. The van der Waals surface area contributed by atoms with Gasteiger partial charge in [0.05, 0.1) is 32.0 Å². The van der Waals surface area contributed by atoms with Crippen LogP contribution in [0.5, 0.6) is 0 Å². The number of aliphatic hydroxyl groups is 2. The third-order valence-electron chi connectivity index (χ3n) is 4.81. The Hall–Kier alpha value is -0.200. The summed E-state index contributed by atoms with van der Waals surface area (Å²) < 4.78 is 11.2. The van der Waals surface area contributed by atoms with Crippen molar-refractivity contribution in [2.24, 2.45) is 17.8 Å². The Morgan fingerprint density at radius 1 is 1.19 bits per heavy atom. The molecule has 2 heterocycles. The molecule has 5 heteroatoms. The second-order valence-electron chi connectivity index (χ2n) is 7.08. The number of likely N-dealkylation sites (tertiary alicyclic amines) is 1. The zero-order chi connectivity index (χ0) is 15.4. The van der Waals surface area contributed by atoms with Gasteiger partial charge in [-0.1, -0.05) is 13.8 Å². The molecule has 2 rings (SSSR count). The van der Waals surface area contributed by atoms with E-state index in [0.717, 1.165) is 25.8 Å². The zero-order valence-electron chi connectivity index (χ0n) is 13.6. The van der Waals surface area contributed by atoms with Crippen LogP contribution in [0, 0.1) is 17.8 Å². The molecule has 0 radical (unpaired) electrons. The summed E-state index contributed by atoms with van der Waals surface area (Å²) in [5.41, 5.74) is 0. The molecule has 2 saturated heterocycles. The predicted octanol–water partition coefficient (Wildman–Crippen LogP) is 1.09. The van der Waals surface area contributed by atoms with E-state index in [1.807, 2.05) is 7.05 Å². The Balaban J connectivity index is 1.91. The van der Waals surface area contributed by atoms with Crippen LogP contribution in [0.25, 0.3) is 0 Å². The zero-order valence-corrected chi connectivity index (χ0v) is 13.6. The first-order valence-corrected chi connectivity index (χ1v) is 8.23. The molecule has 0 bridgehead atoms. The van der Waals surface area contributed by atoms with E-state index in [9.17, 15) is 10.2 Å². The molecule has 2 fully saturated rings. The predicted molar refractivity (Wildman–Crippen MR) is 80.9 cm³/mol. The number of hydrogen-bond acceptors (Lipinski definition) is 5. The minimum Gasteiger partial charge on any atom is -0.395 e. The summed E-state index contributed by atoms with van der Waals surface area (Å²) in [6.07, 6.45) is 2.51. The van der Waals surface area contributed by atoms with Gasteiger partial charge in [-0.05, 0) is 37.6 Å². The lowest BCUT2D eigenvalue weighted by Crippen LogP contribution is -2.36. The van der Waals surface area contributed by atoms with E-state index in [1.165, 1.54) is 0 Å². The number of aliphatic hydroxyl groups excluding tert-OH is 2. The van der Waals surface area contributed by atoms with E-state index in [0.29, 0.717) is 25.0 Å². The quantitative estimate of drug-likeness (QED) is 0.737. The maximum Gasteiger partial charge on any atom is 0.158 e. The van der Waals surface area contributed by atoms with Crippen LogP contribution in [0.1, 0.15) is 33.1 Å². The topological polar surface area (TPSA) is 62.2 Å². The SMILES string of the molecule is CC(C)C[C@H](CC1OCCO1)C[C@H]1CN(C)[C@H](CO)[C@@H]1O. The van der Waals surface area contributed by atoms with Gasteiger partial charge in [0, 0.05) is 13.0 Å². The molecule has 0 spiro atoms. The van der Waals surface area contributed by atoms with Crippen LogP contribution in [0.4, 0.5) is 0 Å². The summed E-state index contributed by atoms with van der Waals surface area (Å²) in [7, 11) is 1.98. The third-order valence-corrected chi connectivity index (χ3v) is 4.81. The largest absolute Gasteiger partial charge is 0.395 e. The van der Waals surface area contributed by atoms with Crippen LogP contribution >= 0.6 is 0 Å². The standard InChI is InChI=1S/C16H31NO4/c1-11(2)6-12(8-15-20-4-5-21-15)7-13-9-17(3)14(10-18)16(13)19/h11-16,18-19H,4-10H2,1-3H3/t12-,13-,14+,16+/m0/s1. The molecule has 2 aliphatic rings. The molecule has 2 N–H and O–H groups in total. The molecule has 21 heavy (non-hydrogen) atoms. The van der Waals surface area contributed by atoms with Gasteiger partial charge in [-0.2, -0.15) is 0 Å². The molecule has 4 atom stereocenters. The van der Waals surface area contributed by atoms with Gasteiger partial charge >= 0.3 is 0 Å². The molecule has 0 saturated carbocycles. The Labute approximate surface area is 128 Å². The molecule has 0 aliphatic carbocycles. The summed E-state index contributed by atoms with van der Waals surface area (Å²) in [4.78, 5) is 2.07. The van der Waals surface area contributed by atoms with E-state index >= 15 is 0 Å². The average Bonchev–Trinajstić information content (AvgIpc) is 2.98. The van der Waals surface area contributed by atoms with Gasteiger partial charge in [0.25, 0.3) is 0 Å². The number of rotatable bonds is 7. The fourth-order valence-electron chi connectivity index (χ4n) is 3.85. The number of nitrogens with zero attached hydrogens (tertiary/aromatic N) is 1. The lowest BCUT2D eigenvalue weighted by molar-refractivity contribution is -0.0615. The smallest absolute Gasteiger partial charge is 0.158 e. The van der Waals surface area contributed by atoms with E-state index in [4.69, 9.17) is 9.47 Å². The van der Waals surface area contributed by atoms with Gasteiger partial charge in [-0.15, -0.1) is 0 Å². The van der Waals surface area contributed by atoms with Crippen LogP contribution in [0.15, 0.2) is 0 Å². The van der Waals surface area contributed by atoms with E-state index in [2.05, 4.69) is 18.7 Å². The van der Waals surface area contributed by atoms with Crippen molar-refractivity contribution in [1.82, 2.24) is 4.90 Å². The van der Waals surface area contributed by atoms with Crippen LogP contribution in [0.2, 0.25) is 0 Å². The summed E-state index contributed by atoms with van der Waals surface area (Å²) in [6.45, 7) is 6.74. The highest BCUT2D eigenvalue weighted by Gasteiger charge is 2.39. The molecule has 0 amide bonds. The lowest BCUT2D eigenvalue weighted by Gasteiger charge is -2.26. The summed E-state index contributed by atoms with van der Waals surface area (Å²) in [5, 5.41) is 19.8. The van der Waals surface area contributed by atoms with Crippen LogP contribution < -0.4 is 0 Å². The van der Waals surface area contributed by atoms with Crippen molar-refractivity contribution in [1.29, 1.82) is 0 Å². The van der Waals surface area contributed by atoms with Crippen LogP contribution in [0.3, 0.4) is 0 Å². The monoisotopic (exact) mass is 301 g/mol. The molecular weight excluding hydrogens is 270 g/mol. The number of ether oxygens (including phenoxy) is 2.